The fourth-order valence-corrected chi connectivity index (χ4v) is 3.11. The highest BCUT2D eigenvalue weighted by atomic mass is 35.5. The molecule has 1 unspecified atom stereocenters. The van der Waals surface area contributed by atoms with Crippen LogP contribution in [0.1, 0.15) is 18.4 Å². The van der Waals surface area contributed by atoms with E-state index >= 15 is 0 Å². The summed E-state index contributed by atoms with van der Waals surface area (Å²) < 4.78 is 0. The Kier molecular flexibility index (Phi) is 4.36. The Hall–Kier alpha value is -0.180. The van der Waals surface area contributed by atoms with Gasteiger partial charge < -0.3 is 5.32 Å². The Balaban J connectivity index is 1.84. The predicted octanol–water partition coefficient (Wildman–Crippen LogP) is 3.33. The second-order valence-electron chi connectivity index (χ2n) is 3.89. The van der Waals surface area contributed by atoms with Crippen molar-refractivity contribution in [3.63, 3.8) is 0 Å². The number of thioether (sulfide) groups is 1. The highest BCUT2D eigenvalue weighted by Gasteiger charge is 2.12. The molecule has 1 aromatic carbocycles. The summed E-state index contributed by atoms with van der Waals surface area (Å²) in [5, 5.41) is 4.44. The highest BCUT2D eigenvalue weighted by Crippen LogP contribution is 2.19. The topological polar surface area (TPSA) is 12.0 Å². The summed E-state index contributed by atoms with van der Waals surface area (Å²) in [4.78, 5) is 0. The van der Waals surface area contributed by atoms with Crippen LogP contribution in [0.2, 0.25) is 5.02 Å². The lowest BCUT2D eigenvalue weighted by Gasteiger charge is -2.22. The molecule has 0 spiro atoms. The van der Waals surface area contributed by atoms with Gasteiger partial charge in [0, 0.05) is 23.4 Å². The van der Waals surface area contributed by atoms with Gasteiger partial charge in [0.2, 0.25) is 0 Å². The molecule has 0 radical (unpaired) electrons. The number of nitrogens with one attached hydrogen (secondary N) is 1. The third kappa shape index (κ3) is 3.40. The van der Waals surface area contributed by atoms with Crippen LogP contribution >= 0.6 is 23.4 Å². The van der Waals surface area contributed by atoms with E-state index in [1.807, 2.05) is 30.0 Å². The molecule has 1 atom stereocenters. The first-order valence-electron chi connectivity index (χ1n) is 5.41. The minimum absolute atomic E-state index is 0.667. The van der Waals surface area contributed by atoms with Crippen molar-refractivity contribution >= 4 is 23.4 Å². The zero-order chi connectivity index (χ0) is 10.5. The number of halogens is 1. The van der Waals surface area contributed by atoms with E-state index in [0.29, 0.717) is 6.04 Å². The molecule has 1 aliphatic heterocycles. The summed E-state index contributed by atoms with van der Waals surface area (Å²) in [5.74, 6) is 2.56. The van der Waals surface area contributed by atoms with E-state index in [1.165, 1.54) is 29.9 Å². The zero-order valence-electron chi connectivity index (χ0n) is 8.71. The summed E-state index contributed by atoms with van der Waals surface area (Å²) in [6, 6.07) is 8.72. The summed E-state index contributed by atoms with van der Waals surface area (Å²) in [7, 11) is 0. The van der Waals surface area contributed by atoms with E-state index in [4.69, 9.17) is 11.6 Å². The Morgan fingerprint density at radius 3 is 3.00 bits per heavy atom. The van der Waals surface area contributed by atoms with Crippen LogP contribution < -0.4 is 5.32 Å². The monoisotopic (exact) mass is 241 g/mol. The second-order valence-corrected chi connectivity index (χ2v) is 5.44. The van der Waals surface area contributed by atoms with Crippen molar-refractivity contribution in [1.29, 1.82) is 0 Å². The molecule has 1 nitrogen and oxygen atoms in total. The van der Waals surface area contributed by atoms with E-state index < -0.39 is 0 Å². The van der Waals surface area contributed by atoms with Crippen LogP contribution in [0.15, 0.2) is 24.3 Å². The van der Waals surface area contributed by atoms with Gasteiger partial charge in [0.25, 0.3) is 0 Å². The average Bonchev–Trinajstić information content (AvgIpc) is 2.29. The lowest BCUT2D eigenvalue weighted by molar-refractivity contribution is 0.508. The number of hydrogen-bond donors (Lipinski definition) is 1. The van der Waals surface area contributed by atoms with Gasteiger partial charge in [-0.15, -0.1) is 0 Å². The summed E-state index contributed by atoms with van der Waals surface area (Å²) in [6.07, 6.45) is 2.64. The molecule has 1 heterocycles. The van der Waals surface area contributed by atoms with Crippen molar-refractivity contribution in [3.05, 3.63) is 34.9 Å². The van der Waals surface area contributed by atoms with Crippen LogP contribution in [-0.2, 0) is 6.54 Å². The molecular weight excluding hydrogens is 226 g/mol. The standard InChI is InChI=1S/C12H16ClNS/c13-12-6-2-1-4-10(12)8-14-11-5-3-7-15-9-11/h1-2,4,6,11,14H,3,5,7-9H2. The Labute approximate surface area is 101 Å². The van der Waals surface area contributed by atoms with E-state index in [-0.39, 0.29) is 0 Å². The quantitative estimate of drug-likeness (QED) is 0.872. The maximum atomic E-state index is 6.10. The first-order valence-corrected chi connectivity index (χ1v) is 6.94. The summed E-state index contributed by atoms with van der Waals surface area (Å²) in [5.41, 5.74) is 1.20. The maximum absolute atomic E-state index is 6.10. The molecule has 3 heteroatoms. The minimum Gasteiger partial charge on any atom is -0.309 e. The molecule has 1 aliphatic rings. The van der Waals surface area contributed by atoms with Crippen LogP contribution in [0.4, 0.5) is 0 Å². The van der Waals surface area contributed by atoms with Crippen molar-refractivity contribution in [2.45, 2.75) is 25.4 Å². The highest BCUT2D eigenvalue weighted by molar-refractivity contribution is 7.99. The van der Waals surface area contributed by atoms with Crippen molar-refractivity contribution in [2.24, 2.45) is 0 Å². The first kappa shape index (κ1) is 11.3. The van der Waals surface area contributed by atoms with Gasteiger partial charge in [-0.3, -0.25) is 0 Å². The second kappa shape index (κ2) is 5.78. The molecule has 0 bridgehead atoms. The average molecular weight is 242 g/mol. The molecule has 0 saturated carbocycles. The molecule has 0 aliphatic carbocycles. The summed E-state index contributed by atoms with van der Waals surface area (Å²) >= 11 is 8.14. The first-order chi connectivity index (χ1) is 7.36. The van der Waals surface area contributed by atoms with Crippen LogP contribution in [-0.4, -0.2) is 17.5 Å². The SMILES string of the molecule is Clc1ccccc1CNC1CCCSC1. The Bertz CT molecular complexity index is 310. The largest absolute Gasteiger partial charge is 0.309 e. The van der Waals surface area contributed by atoms with Crippen molar-refractivity contribution < 1.29 is 0 Å². The van der Waals surface area contributed by atoms with Crippen molar-refractivity contribution in [3.8, 4) is 0 Å². The lowest BCUT2D eigenvalue weighted by Crippen LogP contribution is -2.33. The van der Waals surface area contributed by atoms with Crippen molar-refractivity contribution in [1.82, 2.24) is 5.32 Å². The molecule has 2 rings (SSSR count). The van der Waals surface area contributed by atoms with Gasteiger partial charge >= 0.3 is 0 Å². The maximum Gasteiger partial charge on any atom is 0.0450 e. The lowest BCUT2D eigenvalue weighted by atomic mass is 10.1. The molecule has 1 aromatic rings. The minimum atomic E-state index is 0.667. The van der Waals surface area contributed by atoms with Crippen LogP contribution in [0.3, 0.4) is 0 Å². The molecule has 15 heavy (non-hydrogen) atoms. The van der Waals surface area contributed by atoms with Gasteiger partial charge in [-0.2, -0.15) is 11.8 Å². The van der Waals surface area contributed by atoms with Gasteiger partial charge in [0.05, 0.1) is 0 Å². The molecule has 1 fully saturated rings. The molecule has 0 amide bonds. The zero-order valence-corrected chi connectivity index (χ0v) is 10.3. The van der Waals surface area contributed by atoms with Gasteiger partial charge in [0.15, 0.2) is 0 Å². The molecule has 1 saturated heterocycles. The Morgan fingerprint density at radius 1 is 1.40 bits per heavy atom. The van der Waals surface area contributed by atoms with Gasteiger partial charge in [0.1, 0.15) is 0 Å². The predicted molar refractivity (Wildman–Crippen MR) is 68.6 cm³/mol. The van der Waals surface area contributed by atoms with Gasteiger partial charge in [-0.1, -0.05) is 29.8 Å². The van der Waals surface area contributed by atoms with E-state index in [1.54, 1.807) is 0 Å². The smallest absolute Gasteiger partial charge is 0.0450 e. The molecule has 0 aromatic heterocycles. The van der Waals surface area contributed by atoms with E-state index in [0.717, 1.165) is 11.6 Å². The number of benzene rings is 1. The summed E-state index contributed by atoms with van der Waals surface area (Å²) in [6.45, 7) is 0.894. The van der Waals surface area contributed by atoms with Crippen LogP contribution in [0.25, 0.3) is 0 Å². The fourth-order valence-electron chi connectivity index (χ4n) is 1.80. The van der Waals surface area contributed by atoms with Crippen molar-refractivity contribution in [2.75, 3.05) is 11.5 Å². The molecule has 82 valence electrons. The molecular formula is C12H16ClNS. The third-order valence-corrected chi connectivity index (χ3v) is 4.28. The van der Waals surface area contributed by atoms with Gasteiger partial charge in [-0.05, 0) is 30.2 Å². The van der Waals surface area contributed by atoms with Crippen LogP contribution in [0.5, 0.6) is 0 Å². The number of hydrogen-bond acceptors (Lipinski definition) is 2. The fraction of sp³-hybridized carbons (Fsp3) is 0.500. The normalized spacial score (nSPS) is 21.5. The Morgan fingerprint density at radius 2 is 2.27 bits per heavy atom. The number of rotatable bonds is 3. The van der Waals surface area contributed by atoms with E-state index in [2.05, 4.69) is 11.4 Å². The van der Waals surface area contributed by atoms with Gasteiger partial charge in [-0.25, -0.2) is 0 Å². The van der Waals surface area contributed by atoms with E-state index in [9.17, 15) is 0 Å². The molecule has 1 N–H and O–H groups in total. The third-order valence-electron chi connectivity index (χ3n) is 2.70. The van der Waals surface area contributed by atoms with Crippen LogP contribution in [0, 0.1) is 0 Å².